The molecule has 0 unspecified atom stereocenters. The molecule has 0 aromatic heterocycles. The smallest absolute Gasteiger partial charge is 0.307 e. The van der Waals surface area contributed by atoms with Crippen LogP contribution in [0.5, 0.6) is 0 Å². The highest BCUT2D eigenvalue weighted by molar-refractivity contribution is 5.78. The summed E-state index contributed by atoms with van der Waals surface area (Å²) < 4.78 is 4.76. The van der Waals surface area contributed by atoms with E-state index in [0.29, 0.717) is 6.42 Å². The zero-order chi connectivity index (χ0) is 18.1. The molecule has 2 rings (SSSR count). The van der Waals surface area contributed by atoms with Gasteiger partial charge in [-0.3, -0.25) is 9.59 Å². The molecular weight excluding hydrogens is 318 g/mol. The molecule has 1 amide bonds. The molecule has 0 bridgehead atoms. The number of likely N-dealkylation sites (N-methyl/N-ethyl adjacent to an activating group) is 1. The van der Waals surface area contributed by atoms with Gasteiger partial charge in [-0.2, -0.15) is 0 Å². The minimum atomic E-state index is -0.349. The third-order valence-electron chi connectivity index (χ3n) is 4.70. The Bertz CT molecular complexity index is 542. The number of benzene rings is 1. The second-order valence-corrected chi connectivity index (χ2v) is 6.34. The lowest BCUT2D eigenvalue weighted by molar-refractivity contribution is -0.141. The van der Waals surface area contributed by atoms with E-state index < -0.39 is 0 Å². The number of piperazine rings is 1. The number of methoxy groups -OCH3 is 1. The Hall–Kier alpha value is -1.92. The molecule has 25 heavy (non-hydrogen) atoms. The summed E-state index contributed by atoms with van der Waals surface area (Å²) in [6.07, 6.45) is 0.581. The van der Waals surface area contributed by atoms with Crippen LogP contribution in [0.25, 0.3) is 0 Å². The summed E-state index contributed by atoms with van der Waals surface area (Å²) in [6, 6.07) is 9.20. The van der Waals surface area contributed by atoms with Gasteiger partial charge in [-0.05, 0) is 12.1 Å². The molecule has 0 aliphatic carbocycles. The Balaban J connectivity index is 1.83. The van der Waals surface area contributed by atoms with Crippen LogP contribution in [-0.2, 0) is 14.3 Å². The fourth-order valence-corrected chi connectivity index (χ4v) is 3.04. The van der Waals surface area contributed by atoms with Gasteiger partial charge in [0.25, 0.3) is 0 Å². The topological polar surface area (TPSA) is 61.9 Å². The van der Waals surface area contributed by atoms with Gasteiger partial charge in [-0.1, -0.05) is 37.3 Å². The third kappa shape index (κ3) is 6.48. The molecule has 0 saturated carbocycles. The van der Waals surface area contributed by atoms with Crippen LogP contribution in [0.3, 0.4) is 0 Å². The summed E-state index contributed by atoms with van der Waals surface area (Å²) in [5, 5.41) is 2.98. The molecule has 1 aliphatic rings. The third-order valence-corrected chi connectivity index (χ3v) is 4.70. The second-order valence-electron chi connectivity index (χ2n) is 6.34. The molecule has 0 radical (unpaired) electrons. The number of amides is 1. The van der Waals surface area contributed by atoms with Crippen LogP contribution >= 0.6 is 0 Å². The van der Waals surface area contributed by atoms with E-state index in [1.807, 2.05) is 30.3 Å². The van der Waals surface area contributed by atoms with Gasteiger partial charge in [0, 0.05) is 39.1 Å². The van der Waals surface area contributed by atoms with Crippen molar-refractivity contribution in [1.82, 2.24) is 15.1 Å². The minimum Gasteiger partial charge on any atom is -0.469 e. The lowest BCUT2D eigenvalue weighted by Crippen LogP contribution is -2.47. The molecule has 1 aromatic carbocycles. The summed E-state index contributed by atoms with van der Waals surface area (Å²) >= 11 is 0. The van der Waals surface area contributed by atoms with Crippen molar-refractivity contribution in [2.24, 2.45) is 0 Å². The van der Waals surface area contributed by atoms with Crippen molar-refractivity contribution < 1.29 is 14.3 Å². The number of hydrogen-bond donors (Lipinski definition) is 1. The lowest BCUT2D eigenvalue weighted by atomic mass is 10.0. The molecule has 1 fully saturated rings. The number of nitrogens with zero attached hydrogens (tertiary/aromatic N) is 2. The van der Waals surface area contributed by atoms with E-state index in [1.54, 1.807) is 0 Å². The van der Waals surface area contributed by atoms with Gasteiger partial charge in [-0.25, -0.2) is 0 Å². The molecule has 6 heteroatoms. The molecule has 138 valence electrons. The van der Waals surface area contributed by atoms with Crippen molar-refractivity contribution in [2.45, 2.75) is 25.8 Å². The average Bonchev–Trinajstić information content (AvgIpc) is 2.66. The van der Waals surface area contributed by atoms with Gasteiger partial charge in [0.05, 0.1) is 19.6 Å². The molecule has 6 nitrogen and oxygen atoms in total. The number of ether oxygens (including phenoxy) is 1. The Morgan fingerprint density at radius 1 is 1.12 bits per heavy atom. The normalized spacial score (nSPS) is 17.0. The van der Waals surface area contributed by atoms with E-state index in [1.165, 1.54) is 7.11 Å². The van der Waals surface area contributed by atoms with Crippen LogP contribution in [0, 0.1) is 0 Å². The van der Waals surface area contributed by atoms with Crippen molar-refractivity contribution in [3.63, 3.8) is 0 Å². The maximum atomic E-state index is 12.4. The van der Waals surface area contributed by atoms with Crippen molar-refractivity contribution in [1.29, 1.82) is 0 Å². The van der Waals surface area contributed by atoms with Gasteiger partial charge in [0.15, 0.2) is 0 Å². The monoisotopic (exact) mass is 347 g/mol. The summed E-state index contributed by atoms with van der Waals surface area (Å²) in [7, 11) is 1.36. The summed E-state index contributed by atoms with van der Waals surface area (Å²) in [6.45, 7) is 8.15. The molecule has 1 aromatic rings. The van der Waals surface area contributed by atoms with E-state index in [9.17, 15) is 9.59 Å². The highest BCUT2D eigenvalue weighted by atomic mass is 16.5. The van der Waals surface area contributed by atoms with E-state index in [-0.39, 0.29) is 24.3 Å². The number of rotatable bonds is 8. The van der Waals surface area contributed by atoms with E-state index >= 15 is 0 Å². The van der Waals surface area contributed by atoms with Crippen molar-refractivity contribution >= 4 is 11.9 Å². The predicted molar refractivity (Wildman–Crippen MR) is 97.1 cm³/mol. The molecular formula is C19H29N3O3. The van der Waals surface area contributed by atoms with Crippen molar-refractivity contribution in [3.8, 4) is 0 Å². The first-order valence-electron chi connectivity index (χ1n) is 8.98. The van der Waals surface area contributed by atoms with Gasteiger partial charge in [-0.15, -0.1) is 0 Å². The lowest BCUT2D eigenvalue weighted by Gasteiger charge is -2.33. The first kappa shape index (κ1) is 19.4. The molecule has 1 N–H and O–H groups in total. The van der Waals surface area contributed by atoms with Crippen LogP contribution in [0.15, 0.2) is 30.3 Å². The zero-order valence-corrected chi connectivity index (χ0v) is 15.2. The fraction of sp³-hybridized carbons (Fsp3) is 0.579. The maximum Gasteiger partial charge on any atom is 0.307 e. The maximum absolute atomic E-state index is 12.4. The number of carbonyl (C=O) groups excluding carboxylic acids is 2. The number of esters is 1. The molecule has 1 saturated heterocycles. The predicted octanol–water partition coefficient (Wildman–Crippen LogP) is 1.43. The molecule has 0 spiro atoms. The molecule has 1 heterocycles. The van der Waals surface area contributed by atoms with Crippen LogP contribution in [-0.4, -0.2) is 68.1 Å². The Labute approximate surface area is 150 Å². The molecule has 1 atom stereocenters. The Morgan fingerprint density at radius 2 is 1.76 bits per heavy atom. The quantitative estimate of drug-likeness (QED) is 0.721. The largest absolute Gasteiger partial charge is 0.469 e. The van der Waals surface area contributed by atoms with E-state index in [0.717, 1.165) is 44.8 Å². The highest BCUT2D eigenvalue weighted by Crippen LogP contribution is 2.17. The SMILES string of the molecule is CCN1CCN(CCC(=O)N[C@H](CC(=O)OC)c2ccccc2)CC1. The van der Waals surface area contributed by atoms with Crippen molar-refractivity contribution in [2.75, 3.05) is 46.4 Å². The highest BCUT2D eigenvalue weighted by Gasteiger charge is 2.20. The molecule has 1 aliphatic heterocycles. The summed E-state index contributed by atoms with van der Waals surface area (Å²) in [5.74, 6) is -0.361. The van der Waals surface area contributed by atoms with E-state index in [4.69, 9.17) is 4.74 Å². The van der Waals surface area contributed by atoms with E-state index in [2.05, 4.69) is 22.0 Å². The first-order chi connectivity index (χ1) is 12.1. The van der Waals surface area contributed by atoms with Crippen LogP contribution in [0.4, 0.5) is 0 Å². The van der Waals surface area contributed by atoms with Gasteiger partial charge in [0.1, 0.15) is 0 Å². The number of nitrogens with one attached hydrogen (secondary N) is 1. The average molecular weight is 347 g/mol. The number of hydrogen-bond acceptors (Lipinski definition) is 5. The fourth-order valence-electron chi connectivity index (χ4n) is 3.04. The van der Waals surface area contributed by atoms with Gasteiger partial charge in [0.2, 0.25) is 5.91 Å². The Kier molecular flexibility index (Phi) is 7.88. The van der Waals surface area contributed by atoms with Gasteiger partial charge >= 0.3 is 5.97 Å². The van der Waals surface area contributed by atoms with Crippen LogP contribution in [0.1, 0.15) is 31.4 Å². The summed E-state index contributed by atoms with van der Waals surface area (Å²) in [4.78, 5) is 28.8. The van der Waals surface area contributed by atoms with Crippen molar-refractivity contribution in [3.05, 3.63) is 35.9 Å². The second kappa shape index (κ2) is 10.2. The standard InChI is InChI=1S/C19H29N3O3/c1-3-21-11-13-22(14-12-21)10-9-18(23)20-17(15-19(24)25-2)16-7-5-4-6-8-16/h4-8,17H,3,9-15H2,1-2H3,(H,20,23)/t17-/m1/s1. The van der Waals surface area contributed by atoms with Gasteiger partial charge < -0.3 is 19.9 Å². The summed E-state index contributed by atoms with van der Waals surface area (Å²) in [5.41, 5.74) is 0.915. The zero-order valence-electron chi connectivity index (χ0n) is 15.2. The Morgan fingerprint density at radius 3 is 2.36 bits per heavy atom. The van der Waals surface area contributed by atoms with Crippen LogP contribution < -0.4 is 5.32 Å². The van der Waals surface area contributed by atoms with Crippen LogP contribution in [0.2, 0.25) is 0 Å². The number of carbonyl (C=O) groups is 2. The minimum absolute atomic E-state index is 0.0318. The first-order valence-corrected chi connectivity index (χ1v) is 8.98.